The summed E-state index contributed by atoms with van der Waals surface area (Å²) in [7, 11) is -0.981. The van der Waals surface area contributed by atoms with Crippen molar-refractivity contribution in [1.29, 1.82) is 0 Å². The second kappa shape index (κ2) is 10.7. The Morgan fingerprint density at radius 1 is 1.18 bits per heavy atom. The lowest BCUT2D eigenvalue weighted by Gasteiger charge is -2.44. The zero-order valence-corrected chi connectivity index (χ0v) is 21.3. The third-order valence-electron chi connectivity index (χ3n) is 8.36. The molecular weight excluding hydrogens is 439 g/mol. The van der Waals surface area contributed by atoms with E-state index < -0.39 is 25.6 Å². The van der Waals surface area contributed by atoms with E-state index in [4.69, 9.17) is 9.05 Å². The molecule has 0 aromatic carbocycles. The van der Waals surface area contributed by atoms with Crippen molar-refractivity contribution in [2.75, 3.05) is 14.2 Å². The molecule has 186 valence electrons. The van der Waals surface area contributed by atoms with Gasteiger partial charge in [0.2, 0.25) is 0 Å². The van der Waals surface area contributed by atoms with Crippen LogP contribution in [0.1, 0.15) is 58.8 Å². The zero-order chi connectivity index (χ0) is 24.4. The molecule has 6 nitrogen and oxygen atoms in total. The van der Waals surface area contributed by atoms with Gasteiger partial charge < -0.3 is 24.4 Å². The van der Waals surface area contributed by atoms with Crippen LogP contribution in [0.25, 0.3) is 0 Å². The van der Waals surface area contributed by atoms with Gasteiger partial charge in [0.1, 0.15) is 0 Å². The molecule has 3 aliphatic rings. The molecule has 3 N–H and O–H groups in total. The Kier molecular flexibility index (Phi) is 8.64. The maximum Gasteiger partial charge on any atom is 0.362 e. The summed E-state index contributed by atoms with van der Waals surface area (Å²) < 4.78 is 22.2. The number of allylic oxidation sites excluding steroid dienone is 4. The van der Waals surface area contributed by atoms with Crippen molar-refractivity contribution >= 4 is 7.60 Å². The summed E-state index contributed by atoms with van der Waals surface area (Å²) in [4.78, 5) is 0. The smallest absolute Gasteiger partial charge is 0.362 e. The first-order chi connectivity index (χ1) is 15.6. The third-order valence-corrected chi connectivity index (χ3v) is 10.2. The van der Waals surface area contributed by atoms with Crippen molar-refractivity contribution in [1.82, 2.24) is 0 Å². The van der Waals surface area contributed by atoms with Crippen molar-refractivity contribution in [2.24, 2.45) is 23.2 Å². The van der Waals surface area contributed by atoms with Gasteiger partial charge in [-0.15, -0.1) is 0 Å². The molecule has 0 radical (unpaired) electrons. The molecule has 0 heterocycles. The highest BCUT2D eigenvalue weighted by Gasteiger charge is 2.50. The summed E-state index contributed by atoms with van der Waals surface area (Å²) in [5, 5.41) is 30.5. The average Bonchev–Trinajstić information content (AvgIpc) is 3.15. The van der Waals surface area contributed by atoms with Gasteiger partial charge in [-0.25, -0.2) is 0 Å². The fourth-order valence-electron chi connectivity index (χ4n) is 6.41. The van der Waals surface area contributed by atoms with E-state index in [1.54, 1.807) is 6.08 Å². The number of hydrogen-bond donors (Lipinski definition) is 3. The van der Waals surface area contributed by atoms with Crippen LogP contribution in [0, 0.1) is 23.2 Å². The van der Waals surface area contributed by atoms with E-state index in [9.17, 15) is 19.9 Å². The van der Waals surface area contributed by atoms with Crippen LogP contribution in [0.3, 0.4) is 0 Å². The summed E-state index contributed by atoms with van der Waals surface area (Å²) in [5.74, 6) is -0.106. The number of hydrogen-bond acceptors (Lipinski definition) is 6. The minimum absolute atomic E-state index is 0.159. The van der Waals surface area contributed by atoms with Crippen LogP contribution in [0.2, 0.25) is 0 Å². The van der Waals surface area contributed by atoms with Crippen LogP contribution in [0.5, 0.6) is 0 Å². The Balaban J connectivity index is 1.76. The molecule has 0 amide bonds. The van der Waals surface area contributed by atoms with Crippen molar-refractivity contribution in [3.05, 3.63) is 47.6 Å². The van der Waals surface area contributed by atoms with Gasteiger partial charge >= 0.3 is 7.60 Å². The second-order valence-corrected chi connectivity index (χ2v) is 12.6. The normalized spacial score (nSPS) is 37.6. The molecule has 0 spiro atoms. The molecule has 3 rings (SSSR count). The fraction of sp³-hybridized carbons (Fsp3) is 0.692. The number of aliphatic hydroxyl groups is 3. The summed E-state index contributed by atoms with van der Waals surface area (Å²) in [6.07, 6.45) is 13.1. The van der Waals surface area contributed by atoms with E-state index in [1.165, 1.54) is 19.8 Å². The lowest BCUT2D eigenvalue weighted by Crippen LogP contribution is -2.35. The standard InChI is InChI=1S/C26H41O6P/c1-17(8-13-25(29)33(30,31-4)32-5)22-11-12-23-19(7-6-14-26(22,23)3)9-10-20-15-21(27)16-24(28)18(20)2/h8-10,13,17,21-25,27-29H,2,6-7,11-12,14-16H2,1,3-5H3/t17-,21-,22-,23?,24+,25?,26-/m1/s1. The molecule has 0 aromatic rings. The Morgan fingerprint density at radius 2 is 1.88 bits per heavy atom. The predicted octanol–water partition coefficient (Wildman–Crippen LogP) is 5.12. The molecular formula is C26H41O6P. The highest BCUT2D eigenvalue weighted by molar-refractivity contribution is 7.54. The van der Waals surface area contributed by atoms with Gasteiger partial charge in [-0.3, -0.25) is 4.57 Å². The first-order valence-electron chi connectivity index (χ1n) is 12.1. The van der Waals surface area contributed by atoms with Crippen molar-refractivity contribution in [3.63, 3.8) is 0 Å². The highest BCUT2D eigenvalue weighted by atomic mass is 31.2. The quantitative estimate of drug-likeness (QED) is 0.346. The molecule has 33 heavy (non-hydrogen) atoms. The SMILES string of the molecule is C=C1C(=CC=C2CCC[C@@]3(C)C2CC[C@@H]3[C@H](C)C=CC(O)P(=O)(OC)OC)C[C@@H](O)C[C@@H]1O. The molecule has 7 atom stereocenters. The maximum absolute atomic E-state index is 12.4. The molecule has 3 fully saturated rings. The van der Waals surface area contributed by atoms with Gasteiger partial charge in [-0.05, 0) is 78.9 Å². The molecule has 7 heteroatoms. The molecule has 0 saturated heterocycles. The second-order valence-electron chi connectivity index (χ2n) is 10.2. The molecule has 0 aliphatic heterocycles. The van der Waals surface area contributed by atoms with Gasteiger partial charge in [0.05, 0.1) is 12.2 Å². The van der Waals surface area contributed by atoms with Crippen LogP contribution < -0.4 is 0 Å². The van der Waals surface area contributed by atoms with E-state index in [0.717, 1.165) is 43.3 Å². The highest BCUT2D eigenvalue weighted by Crippen LogP contribution is 2.60. The molecule has 2 unspecified atom stereocenters. The molecule has 0 bridgehead atoms. The maximum atomic E-state index is 12.4. The van der Waals surface area contributed by atoms with Gasteiger partial charge in [0.15, 0.2) is 5.85 Å². The first kappa shape index (κ1) is 26.6. The Labute approximate surface area is 198 Å². The van der Waals surface area contributed by atoms with Crippen molar-refractivity contribution in [3.8, 4) is 0 Å². The van der Waals surface area contributed by atoms with Gasteiger partial charge in [0.25, 0.3) is 0 Å². The van der Waals surface area contributed by atoms with Crippen LogP contribution in [-0.4, -0.2) is 47.6 Å². The van der Waals surface area contributed by atoms with Gasteiger partial charge in [-0.1, -0.05) is 44.2 Å². The number of fused-ring (bicyclic) bond motifs is 1. The molecule has 3 saturated carbocycles. The summed E-state index contributed by atoms with van der Waals surface area (Å²) in [5.41, 5.74) is 3.27. The first-order valence-corrected chi connectivity index (χ1v) is 13.7. The summed E-state index contributed by atoms with van der Waals surface area (Å²) in [6, 6.07) is 0. The van der Waals surface area contributed by atoms with E-state index >= 15 is 0 Å². The largest absolute Gasteiger partial charge is 0.393 e. The lowest BCUT2D eigenvalue weighted by atomic mass is 9.61. The lowest BCUT2D eigenvalue weighted by molar-refractivity contribution is 0.0862. The minimum atomic E-state index is -3.54. The summed E-state index contributed by atoms with van der Waals surface area (Å²) >= 11 is 0. The van der Waals surface area contributed by atoms with Gasteiger partial charge in [-0.2, -0.15) is 0 Å². The Morgan fingerprint density at radius 3 is 2.55 bits per heavy atom. The van der Waals surface area contributed by atoms with Crippen LogP contribution >= 0.6 is 7.60 Å². The van der Waals surface area contributed by atoms with E-state index in [1.807, 2.05) is 6.08 Å². The fourth-order valence-corrected chi connectivity index (χ4v) is 7.30. The van der Waals surface area contributed by atoms with Crippen LogP contribution in [-0.2, 0) is 13.6 Å². The molecule has 3 aliphatic carbocycles. The summed E-state index contributed by atoms with van der Waals surface area (Å²) in [6.45, 7) is 8.58. The van der Waals surface area contributed by atoms with Crippen molar-refractivity contribution in [2.45, 2.75) is 76.8 Å². The Bertz CT molecular complexity index is 853. The average molecular weight is 481 g/mol. The predicted molar refractivity (Wildman–Crippen MR) is 131 cm³/mol. The third kappa shape index (κ3) is 5.47. The minimum Gasteiger partial charge on any atom is -0.393 e. The number of aliphatic hydroxyl groups excluding tert-OH is 3. The van der Waals surface area contributed by atoms with Crippen molar-refractivity contribution < 1.29 is 28.9 Å². The Hall–Kier alpha value is -1.01. The number of rotatable bonds is 7. The van der Waals surface area contributed by atoms with E-state index in [-0.39, 0.29) is 11.3 Å². The van der Waals surface area contributed by atoms with Crippen LogP contribution in [0.15, 0.2) is 47.6 Å². The van der Waals surface area contributed by atoms with E-state index in [2.05, 4.69) is 32.6 Å². The van der Waals surface area contributed by atoms with Gasteiger partial charge in [0, 0.05) is 20.6 Å². The zero-order valence-electron chi connectivity index (χ0n) is 20.4. The van der Waals surface area contributed by atoms with Crippen LogP contribution in [0.4, 0.5) is 0 Å². The molecule has 0 aromatic heterocycles. The van der Waals surface area contributed by atoms with E-state index in [0.29, 0.717) is 24.7 Å². The topological polar surface area (TPSA) is 96.2 Å². The monoisotopic (exact) mass is 480 g/mol.